The van der Waals surface area contributed by atoms with Gasteiger partial charge in [-0.2, -0.15) is 0 Å². The fraction of sp³-hybridized carbons (Fsp3) is 0.300. The van der Waals surface area contributed by atoms with Crippen LogP contribution in [0.4, 0.5) is 8.78 Å². The molecular formula is C40H38Br4F2N4O6. The monoisotopic (exact) mass is 1020 g/mol. The van der Waals surface area contributed by atoms with Crippen LogP contribution < -0.4 is 9.47 Å². The number of alkyl halides is 2. The van der Waals surface area contributed by atoms with E-state index in [1.807, 2.05) is 36.4 Å². The Labute approximate surface area is 355 Å². The van der Waals surface area contributed by atoms with Crippen LogP contribution in [-0.2, 0) is 35.3 Å². The Balaban J connectivity index is 0.000000214. The number of nitrogens with zero attached hydrogens (tertiary/aromatic N) is 2. The molecule has 0 fully saturated rings. The van der Waals surface area contributed by atoms with Crippen LogP contribution >= 0.6 is 63.7 Å². The van der Waals surface area contributed by atoms with Gasteiger partial charge in [0.05, 0.1) is 40.0 Å². The molecule has 0 radical (unpaired) electrons. The molecule has 0 saturated heterocycles. The molecule has 0 aliphatic carbocycles. The number of aromatic amines is 2. The molecule has 0 aliphatic rings. The molecule has 2 heterocycles. The number of benzene rings is 4. The second kappa shape index (κ2) is 19.1. The lowest BCUT2D eigenvalue weighted by molar-refractivity contribution is -0.143. The van der Waals surface area contributed by atoms with Crippen molar-refractivity contribution in [3.8, 4) is 23.0 Å². The molecule has 10 nitrogen and oxygen atoms in total. The smallest absolute Gasteiger partial charge is 0.338 e. The largest absolute Gasteiger partial charge is 0.479 e. The first kappa shape index (κ1) is 43.3. The fourth-order valence-electron chi connectivity index (χ4n) is 5.66. The van der Waals surface area contributed by atoms with Crippen LogP contribution in [0.1, 0.15) is 50.5 Å². The zero-order chi connectivity index (χ0) is 40.8. The number of rotatable bonds is 14. The van der Waals surface area contributed by atoms with Crippen molar-refractivity contribution in [1.82, 2.24) is 19.9 Å². The van der Waals surface area contributed by atoms with E-state index in [4.69, 9.17) is 19.7 Å². The fourth-order valence-corrected chi connectivity index (χ4v) is 8.54. The summed E-state index contributed by atoms with van der Waals surface area (Å²) >= 11 is 13.7. The molecule has 0 unspecified atom stereocenters. The maximum atomic E-state index is 13.5. The van der Waals surface area contributed by atoms with Crippen LogP contribution in [0, 0.1) is 11.8 Å². The molecule has 4 aromatic carbocycles. The Morgan fingerprint density at radius 1 is 0.607 bits per heavy atom. The number of aliphatic carboxylic acids is 2. The third kappa shape index (κ3) is 11.6. The first-order valence-corrected chi connectivity index (χ1v) is 20.7. The van der Waals surface area contributed by atoms with Crippen molar-refractivity contribution >= 4 is 97.7 Å². The van der Waals surface area contributed by atoms with Gasteiger partial charge in [0.25, 0.3) is 0 Å². The van der Waals surface area contributed by atoms with Crippen LogP contribution in [-0.4, -0.2) is 54.4 Å². The summed E-state index contributed by atoms with van der Waals surface area (Å²) in [5, 5.41) is 17.5. The summed E-state index contributed by atoms with van der Waals surface area (Å²) < 4.78 is 41.3. The quantitative estimate of drug-likeness (QED) is 0.0842. The van der Waals surface area contributed by atoms with Crippen molar-refractivity contribution in [1.29, 1.82) is 0 Å². The molecule has 0 amide bonds. The van der Waals surface area contributed by atoms with Crippen LogP contribution in [0.3, 0.4) is 0 Å². The first-order chi connectivity index (χ1) is 26.4. The first-order valence-electron chi connectivity index (χ1n) is 17.5. The second-order valence-electron chi connectivity index (χ2n) is 13.9. The molecule has 0 aliphatic heterocycles. The number of imidazole rings is 2. The van der Waals surface area contributed by atoms with Gasteiger partial charge >= 0.3 is 11.9 Å². The highest BCUT2D eigenvalue weighted by Gasteiger charge is 2.20. The van der Waals surface area contributed by atoms with Crippen LogP contribution in [0.2, 0.25) is 0 Å². The summed E-state index contributed by atoms with van der Waals surface area (Å²) in [5.74, 6) is 2.23. The molecule has 4 N–H and O–H groups in total. The molecule has 6 aromatic rings. The number of ether oxygens (including phenoxy) is 2. The van der Waals surface area contributed by atoms with E-state index in [0.29, 0.717) is 63.9 Å². The van der Waals surface area contributed by atoms with Gasteiger partial charge in [-0.15, -0.1) is 0 Å². The molecule has 2 atom stereocenters. The van der Waals surface area contributed by atoms with Crippen LogP contribution in [0.15, 0.2) is 78.6 Å². The van der Waals surface area contributed by atoms with Crippen molar-refractivity contribution in [2.75, 3.05) is 0 Å². The molecule has 2 aromatic heterocycles. The van der Waals surface area contributed by atoms with Crippen molar-refractivity contribution in [3.63, 3.8) is 0 Å². The summed E-state index contributed by atoms with van der Waals surface area (Å²) in [7, 11) is 0. The summed E-state index contributed by atoms with van der Waals surface area (Å²) in [5.41, 5.74) is 4.61. The minimum absolute atomic E-state index is 0.217. The third-order valence-electron chi connectivity index (χ3n) is 8.13. The number of fused-ring (bicyclic) bond motifs is 2. The van der Waals surface area contributed by atoms with E-state index in [2.05, 4.69) is 111 Å². The molecular weight excluding hydrogens is 990 g/mol. The van der Waals surface area contributed by atoms with Gasteiger partial charge < -0.3 is 29.7 Å². The lowest BCUT2D eigenvalue weighted by atomic mass is 10.1. The highest BCUT2D eigenvalue weighted by atomic mass is 79.9. The molecule has 0 spiro atoms. The Bertz CT molecular complexity index is 2160. The SMILES string of the molecule is CC(C)Cc1nc2ccc(Oc3c(Br)cc(C[C@@H](F)C(=O)O)cc3Br)cc2[nH]1.CC(C)Cc1nc2ccc(Oc3c(Br)cc(C[C@H](F)C(=O)O)cc3Br)cc2[nH]1. The van der Waals surface area contributed by atoms with E-state index in [0.717, 1.165) is 46.6 Å². The summed E-state index contributed by atoms with van der Waals surface area (Å²) in [6.07, 6.45) is -2.59. The molecule has 0 bridgehead atoms. The Hall–Kier alpha value is -3.86. The summed E-state index contributed by atoms with van der Waals surface area (Å²) in [4.78, 5) is 37.2. The van der Waals surface area contributed by atoms with E-state index in [9.17, 15) is 18.4 Å². The number of carboxylic acids is 2. The molecule has 296 valence electrons. The average molecular weight is 1030 g/mol. The molecule has 16 heteroatoms. The topological polar surface area (TPSA) is 150 Å². The van der Waals surface area contributed by atoms with Gasteiger partial charge in [-0.1, -0.05) is 27.7 Å². The zero-order valence-electron chi connectivity index (χ0n) is 30.6. The number of aromatic nitrogens is 4. The van der Waals surface area contributed by atoms with Gasteiger partial charge in [-0.25, -0.2) is 28.3 Å². The van der Waals surface area contributed by atoms with E-state index in [1.165, 1.54) is 0 Å². The predicted molar refractivity (Wildman–Crippen MR) is 226 cm³/mol. The minimum Gasteiger partial charge on any atom is -0.479 e. The van der Waals surface area contributed by atoms with E-state index in [-0.39, 0.29) is 12.8 Å². The Morgan fingerprint density at radius 3 is 1.25 bits per heavy atom. The summed E-state index contributed by atoms with van der Waals surface area (Å²) in [6, 6.07) is 17.8. The second-order valence-corrected chi connectivity index (χ2v) is 17.3. The Kier molecular flexibility index (Phi) is 14.7. The number of nitrogens with one attached hydrogen (secondary N) is 2. The maximum absolute atomic E-state index is 13.5. The number of halogens is 6. The lowest BCUT2D eigenvalue weighted by Crippen LogP contribution is -2.17. The van der Waals surface area contributed by atoms with Gasteiger partial charge in [-0.05, 0) is 135 Å². The number of H-pyrrole nitrogens is 2. The van der Waals surface area contributed by atoms with Gasteiger partial charge in [0, 0.05) is 37.8 Å². The standard InChI is InChI=1S/2C20H19Br2FN2O3/c2*1-10(2)5-18-24-16-4-3-12(9-17(16)25-18)28-19-13(21)6-11(7-14(19)22)8-15(23)20(26)27/h2*3-4,6-7,9-10,15H,5,8H2,1-2H3,(H,24,25)(H,26,27)/t2*15-/m10/s1. The predicted octanol–water partition coefficient (Wildman–Crippen LogP) is 12.1. The third-order valence-corrected chi connectivity index (χ3v) is 10.5. The van der Waals surface area contributed by atoms with Gasteiger partial charge in [0.15, 0.2) is 11.5 Å². The number of carbonyl (C=O) groups is 2. The van der Waals surface area contributed by atoms with E-state index in [1.54, 1.807) is 24.3 Å². The summed E-state index contributed by atoms with van der Waals surface area (Å²) in [6.45, 7) is 8.56. The minimum atomic E-state index is -1.95. The van der Waals surface area contributed by atoms with Crippen molar-refractivity contribution in [2.24, 2.45) is 11.8 Å². The van der Waals surface area contributed by atoms with Crippen LogP contribution in [0.25, 0.3) is 22.1 Å². The number of hydrogen-bond acceptors (Lipinski definition) is 6. The maximum Gasteiger partial charge on any atom is 0.338 e. The lowest BCUT2D eigenvalue weighted by Gasteiger charge is -2.12. The molecule has 6 rings (SSSR count). The highest BCUT2D eigenvalue weighted by Crippen LogP contribution is 2.40. The Morgan fingerprint density at radius 2 is 0.946 bits per heavy atom. The average Bonchev–Trinajstić information content (AvgIpc) is 3.69. The van der Waals surface area contributed by atoms with Crippen molar-refractivity contribution < 1.29 is 38.1 Å². The van der Waals surface area contributed by atoms with E-state index < -0.39 is 24.3 Å². The van der Waals surface area contributed by atoms with E-state index >= 15 is 0 Å². The van der Waals surface area contributed by atoms with Crippen molar-refractivity contribution in [2.45, 2.75) is 65.7 Å². The normalized spacial score (nSPS) is 12.5. The van der Waals surface area contributed by atoms with Gasteiger partial charge in [0.1, 0.15) is 23.1 Å². The highest BCUT2D eigenvalue weighted by molar-refractivity contribution is 9.11. The zero-order valence-corrected chi connectivity index (χ0v) is 36.9. The van der Waals surface area contributed by atoms with Crippen molar-refractivity contribution in [3.05, 3.63) is 101 Å². The number of carboxylic acid groups (broad SMARTS) is 2. The van der Waals surface area contributed by atoms with Crippen LogP contribution in [0.5, 0.6) is 23.0 Å². The number of hydrogen-bond donors (Lipinski definition) is 4. The van der Waals surface area contributed by atoms with Gasteiger partial charge in [-0.3, -0.25) is 0 Å². The molecule has 56 heavy (non-hydrogen) atoms. The molecule has 0 saturated carbocycles. The van der Waals surface area contributed by atoms with Gasteiger partial charge in [0.2, 0.25) is 12.3 Å².